The van der Waals surface area contributed by atoms with Gasteiger partial charge in [0.1, 0.15) is 0 Å². The second kappa shape index (κ2) is 7.57. The van der Waals surface area contributed by atoms with Crippen molar-refractivity contribution in [1.82, 2.24) is 19.6 Å². The zero-order valence-corrected chi connectivity index (χ0v) is 15.3. The molecule has 0 radical (unpaired) electrons. The zero-order valence-electron chi connectivity index (χ0n) is 15.3. The van der Waals surface area contributed by atoms with Crippen molar-refractivity contribution in [3.05, 3.63) is 64.1 Å². The van der Waals surface area contributed by atoms with E-state index < -0.39 is 0 Å². The lowest BCUT2D eigenvalue weighted by atomic mass is 10.1. The molecule has 0 unspecified atom stereocenters. The van der Waals surface area contributed by atoms with Gasteiger partial charge in [-0.2, -0.15) is 9.50 Å². The summed E-state index contributed by atoms with van der Waals surface area (Å²) >= 11 is 0. The van der Waals surface area contributed by atoms with Crippen LogP contribution in [0.3, 0.4) is 0 Å². The Morgan fingerprint density at radius 1 is 1.22 bits per heavy atom. The summed E-state index contributed by atoms with van der Waals surface area (Å²) in [5.74, 6) is 0.904. The number of anilines is 1. The first-order valence-corrected chi connectivity index (χ1v) is 9.25. The highest BCUT2D eigenvalue weighted by Crippen LogP contribution is 2.18. The first kappa shape index (κ1) is 17.2. The van der Waals surface area contributed by atoms with Gasteiger partial charge in [-0.15, -0.1) is 0 Å². The minimum atomic E-state index is -0.142. The lowest BCUT2D eigenvalue weighted by Crippen LogP contribution is -2.16. The molecule has 138 valence electrons. The molecule has 0 bridgehead atoms. The normalized spacial score (nSPS) is 13.7. The second-order valence-corrected chi connectivity index (χ2v) is 6.59. The Bertz CT molecular complexity index is 1060. The third-order valence-electron chi connectivity index (χ3n) is 4.54. The molecular formula is C20H22N6O. The molecule has 2 aromatic heterocycles. The van der Waals surface area contributed by atoms with Crippen molar-refractivity contribution in [2.24, 2.45) is 4.99 Å². The van der Waals surface area contributed by atoms with Crippen LogP contribution < -0.4 is 10.9 Å². The van der Waals surface area contributed by atoms with Gasteiger partial charge in [-0.25, -0.2) is 4.98 Å². The van der Waals surface area contributed by atoms with Crippen molar-refractivity contribution < 1.29 is 0 Å². The van der Waals surface area contributed by atoms with E-state index in [0.717, 1.165) is 30.7 Å². The van der Waals surface area contributed by atoms with E-state index in [9.17, 15) is 4.79 Å². The standard InChI is InChI=1S/C20H22N6O/c1-2-3-9-16-11-18(27)26-20(23-16)24-19(25-26)22-13-17-10-15(12-21-17)14-7-5-4-6-8-14/h4-8,10-11H,2-3,9,12-13H2,1H3,(H2,22,23,24,25). The predicted molar refractivity (Wildman–Crippen MR) is 107 cm³/mol. The topological polar surface area (TPSA) is 87.4 Å². The van der Waals surface area contributed by atoms with Gasteiger partial charge in [0.15, 0.2) is 0 Å². The first-order valence-electron chi connectivity index (χ1n) is 9.25. The summed E-state index contributed by atoms with van der Waals surface area (Å²) in [7, 11) is 0. The number of hydrogen-bond donors (Lipinski definition) is 2. The van der Waals surface area contributed by atoms with Gasteiger partial charge in [-0.3, -0.25) is 14.9 Å². The highest BCUT2D eigenvalue weighted by molar-refractivity contribution is 6.06. The third kappa shape index (κ3) is 3.81. The van der Waals surface area contributed by atoms with Crippen LogP contribution in [0.2, 0.25) is 0 Å². The average Bonchev–Trinajstić information content (AvgIpc) is 3.32. The maximum Gasteiger partial charge on any atom is 0.274 e. The summed E-state index contributed by atoms with van der Waals surface area (Å²) in [5.41, 5.74) is 4.00. The van der Waals surface area contributed by atoms with Crippen LogP contribution in [0, 0.1) is 0 Å². The average molecular weight is 362 g/mol. The Balaban J connectivity index is 1.46. The van der Waals surface area contributed by atoms with Crippen molar-refractivity contribution in [3.63, 3.8) is 0 Å². The van der Waals surface area contributed by atoms with Crippen LogP contribution in [-0.2, 0) is 6.42 Å². The summed E-state index contributed by atoms with van der Waals surface area (Å²) in [6, 6.07) is 11.8. The fourth-order valence-electron chi connectivity index (χ4n) is 3.08. The van der Waals surface area contributed by atoms with Crippen LogP contribution in [0.4, 0.5) is 5.95 Å². The first-order chi connectivity index (χ1) is 13.2. The number of aromatic amines is 1. The number of nitrogens with one attached hydrogen (secondary N) is 2. The number of aliphatic imine (C=N–C) groups is 1. The molecule has 1 aromatic carbocycles. The molecule has 27 heavy (non-hydrogen) atoms. The molecule has 0 amide bonds. The number of aromatic nitrogens is 4. The highest BCUT2D eigenvalue weighted by Gasteiger charge is 2.12. The maximum absolute atomic E-state index is 12.2. The van der Waals surface area contributed by atoms with Gasteiger partial charge in [0.25, 0.3) is 11.3 Å². The molecule has 7 nitrogen and oxygen atoms in total. The summed E-state index contributed by atoms with van der Waals surface area (Å²) in [4.78, 5) is 25.6. The predicted octanol–water partition coefficient (Wildman–Crippen LogP) is 2.71. The molecule has 0 atom stereocenters. The molecule has 1 aliphatic rings. The fraction of sp³-hybridized carbons (Fsp3) is 0.300. The maximum atomic E-state index is 12.2. The summed E-state index contributed by atoms with van der Waals surface area (Å²) in [6.45, 7) is 3.34. The van der Waals surface area contributed by atoms with Crippen LogP contribution in [-0.4, -0.2) is 38.4 Å². The van der Waals surface area contributed by atoms with E-state index in [-0.39, 0.29) is 5.56 Å². The number of nitrogens with zero attached hydrogens (tertiary/aromatic N) is 4. The molecule has 4 rings (SSSR count). The van der Waals surface area contributed by atoms with E-state index in [0.29, 0.717) is 24.8 Å². The van der Waals surface area contributed by atoms with Crippen molar-refractivity contribution in [2.75, 3.05) is 18.4 Å². The van der Waals surface area contributed by atoms with Gasteiger partial charge in [-0.05, 0) is 30.1 Å². The Hall–Kier alpha value is -3.22. The monoisotopic (exact) mass is 362 g/mol. The molecular weight excluding hydrogens is 340 g/mol. The number of unbranched alkanes of at least 4 members (excludes halogenated alkanes) is 1. The minimum absolute atomic E-state index is 0.142. The van der Waals surface area contributed by atoms with Crippen LogP contribution >= 0.6 is 0 Å². The van der Waals surface area contributed by atoms with Gasteiger partial charge in [0, 0.05) is 6.07 Å². The second-order valence-electron chi connectivity index (χ2n) is 6.59. The Morgan fingerprint density at radius 3 is 2.89 bits per heavy atom. The Labute approximate surface area is 156 Å². The van der Waals surface area contributed by atoms with Crippen LogP contribution in [0.1, 0.15) is 31.0 Å². The summed E-state index contributed by atoms with van der Waals surface area (Å²) < 4.78 is 1.36. The zero-order chi connectivity index (χ0) is 18.6. The quantitative estimate of drug-likeness (QED) is 0.676. The number of hydrogen-bond acceptors (Lipinski definition) is 5. The number of benzene rings is 1. The van der Waals surface area contributed by atoms with Gasteiger partial charge >= 0.3 is 0 Å². The molecule has 0 spiro atoms. The fourth-order valence-corrected chi connectivity index (χ4v) is 3.08. The Morgan fingerprint density at radius 2 is 2.07 bits per heavy atom. The molecule has 0 saturated heterocycles. The minimum Gasteiger partial charge on any atom is -0.349 e. The molecule has 7 heteroatoms. The molecule has 3 heterocycles. The smallest absolute Gasteiger partial charge is 0.274 e. The van der Waals surface area contributed by atoms with Crippen molar-refractivity contribution in [2.45, 2.75) is 26.2 Å². The van der Waals surface area contributed by atoms with E-state index >= 15 is 0 Å². The van der Waals surface area contributed by atoms with E-state index in [1.807, 2.05) is 18.2 Å². The van der Waals surface area contributed by atoms with Crippen LogP contribution in [0.15, 0.2) is 52.3 Å². The molecule has 0 saturated carbocycles. The van der Waals surface area contributed by atoms with Gasteiger partial charge < -0.3 is 5.32 Å². The lowest BCUT2D eigenvalue weighted by molar-refractivity contribution is 0.766. The molecule has 0 fully saturated rings. The largest absolute Gasteiger partial charge is 0.349 e. The van der Waals surface area contributed by atoms with Crippen molar-refractivity contribution in [1.29, 1.82) is 0 Å². The lowest BCUT2D eigenvalue weighted by Gasteiger charge is -2.00. The van der Waals surface area contributed by atoms with Crippen molar-refractivity contribution in [3.8, 4) is 0 Å². The number of aryl methyl sites for hydroxylation is 1. The highest BCUT2D eigenvalue weighted by atomic mass is 16.1. The third-order valence-corrected chi connectivity index (χ3v) is 4.54. The molecule has 3 aromatic rings. The number of H-pyrrole nitrogens is 1. The van der Waals surface area contributed by atoms with E-state index in [1.165, 1.54) is 15.7 Å². The Kier molecular flexibility index (Phi) is 4.82. The molecule has 2 N–H and O–H groups in total. The number of rotatable bonds is 7. The van der Waals surface area contributed by atoms with E-state index in [4.69, 9.17) is 0 Å². The van der Waals surface area contributed by atoms with Crippen molar-refractivity contribution >= 4 is 23.0 Å². The van der Waals surface area contributed by atoms with Gasteiger partial charge in [0.2, 0.25) is 5.95 Å². The van der Waals surface area contributed by atoms with Crippen LogP contribution in [0.5, 0.6) is 0 Å². The van der Waals surface area contributed by atoms with E-state index in [2.05, 4.69) is 50.5 Å². The SMILES string of the molecule is CCCCc1cc(=O)n2[nH]c(NCC3=NCC(c4ccccc4)=C3)nc2n1. The summed E-state index contributed by atoms with van der Waals surface area (Å²) in [6.07, 6.45) is 4.96. The molecule has 0 aliphatic carbocycles. The van der Waals surface area contributed by atoms with Gasteiger partial charge in [-0.1, -0.05) is 43.7 Å². The van der Waals surface area contributed by atoms with Crippen LogP contribution in [0.25, 0.3) is 11.4 Å². The number of fused-ring (bicyclic) bond motifs is 1. The molecule has 1 aliphatic heterocycles. The van der Waals surface area contributed by atoms with Gasteiger partial charge in [0.05, 0.1) is 24.5 Å². The summed E-state index contributed by atoms with van der Waals surface area (Å²) in [5, 5.41) is 6.15. The van der Waals surface area contributed by atoms with E-state index in [1.54, 1.807) is 6.07 Å².